The topological polar surface area (TPSA) is 133 Å². The van der Waals surface area contributed by atoms with Crippen molar-refractivity contribution in [1.29, 1.82) is 0 Å². The number of aryl methyl sites for hydroxylation is 1. The molecule has 0 bridgehead atoms. The largest absolute Gasteiger partial charge is 0.481 e. The monoisotopic (exact) mass is 491 g/mol. The van der Waals surface area contributed by atoms with Gasteiger partial charge in [0.25, 0.3) is 0 Å². The van der Waals surface area contributed by atoms with Gasteiger partial charge in [0, 0.05) is 25.0 Å². The van der Waals surface area contributed by atoms with Crippen LogP contribution < -0.4 is 5.32 Å². The predicted octanol–water partition coefficient (Wildman–Crippen LogP) is 2.53. The quantitative estimate of drug-likeness (QED) is 0.338. The highest BCUT2D eigenvalue weighted by molar-refractivity contribution is 6.31. The van der Waals surface area contributed by atoms with Crippen LogP contribution in [0.4, 0.5) is 0 Å². The first-order valence-corrected chi connectivity index (χ1v) is 11.2. The Morgan fingerprint density at radius 3 is 2.29 bits per heavy atom. The molecule has 0 aliphatic rings. The van der Waals surface area contributed by atoms with E-state index < -0.39 is 35.9 Å². The van der Waals surface area contributed by atoms with E-state index in [9.17, 15) is 24.6 Å². The molecule has 2 aromatic carbocycles. The van der Waals surface area contributed by atoms with Gasteiger partial charge in [0.2, 0.25) is 5.91 Å². The van der Waals surface area contributed by atoms with Crippen molar-refractivity contribution in [1.82, 2.24) is 5.32 Å². The highest BCUT2D eigenvalue weighted by Gasteiger charge is 2.32. The number of nitrogens with one attached hydrogen (secondary N) is 1. The van der Waals surface area contributed by atoms with Gasteiger partial charge in [0.15, 0.2) is 5.78 Å². The molecule has 2 aromatic rings. The average molecular weight is 492 g/mol. The minimum absolute atomic E-state index is 0.0447. The molecule has 1 amide bonds. The first-order chi connectivity index (χ1) is 16.1. The SMILES string of the molecule is COCC(=O)N[C@@H](Cc1ccc(-c2cc(C)cc(Cl)c2)cc1)[C@H](O)[C@@H](O)C(=O)CCCC(=O)O. The number of halogens is 1. The fourth-order valence-corrected chi connectivity index (χ4v) is 3.89. The third kappa shape index (κ3) is 8.53. The standard InChI is InChI=1S/C25H30ClNO7/c1-15-10-18(13-19(26)11-15)17-8-6-16(7-9-17)12-20(27-22(29)14-34-2)24(32)25(33)21(28)4-3-5-23(30)31/h6-11,13,20,24-25,32-33H,3-5,12,14H2,1-2H3,(H,27,29)(H,30,31)/t20-,24-,25-/m0/s1. The number of hydrogen-bond acceptors (Lipinski definition) is 6. The number of rotatable bonds is 13. The third-order valence-corrected chi connectivity index (χ3v) is 5.50. The summed E-state index contributed by atoms with van der Waals surface area (Å²) < 4.78 is 4.81. The van der Waals surface area contributed by atoms with Crippen LogP contribution >= 0.6 is 11.6 Å². The molecular weight excluding hydrogens is 462 g/mol. The zero-order chi connectivity index (χ0) is 25.3. The summed E-state index contributed by atoms with van der Waals surface area (Å²) in [6.07, 6.45) is -3.59. The number of aliphatic carboxylic acids is 1. The molecule has 0 aliphatic heterocycles. The average Bonchev–Trinajstić information content (AvgIpc) is 2.77. The Bertz CT molecular complexity index is 973. The molecule has 4 N–H and O–H groups in total. The van der Waals surface area contributed by atoms with Crippen LogP contribution in [-0.2, 0) is 25.5 Å². The second kappa shape index (κ2) is 13.2. The van der Waals surface area contributed by atoms with Gasteiger partial charge in [-0.25, -0.2) is 0 Å². The molecule has 0 aliphatic carbocycles. The number of benzene rings is 2. The normalized spacial score (nSPS) is 13.7. The first-order valence-electron chi connectivity index (χ1n) is 10.9. The molecule has 0 spiro atoms. The Labute approximate surface area is 203 Å². The van der Waals surface area contributed by atoms with Gasteiger partial charge in [0.05, 0.1) is 6.04 Å². The van der Waals surface area contributed by atoms with Crippen molar-refractivity contribution in [3.05, 3.63) is 58.6 Å². The Kier molecular flexibility index (Phi) is 10.7. The van der Waals surface area contributed by atoms with Gasteiger partial charge in [-0.1, -0.05) is 41.9 Å². The van der Waals surface area contributed by atoms with E-state index in [-0.39, 0.29) is 32.3 Å². The van der Waals surface area contributed by atoms with E-state index in [1.54, 1.807) is 0 Å². The summed E-state index contributed by atoms with van der Waals surface area (Å²) in [5.74, 6) is -2.25. The Balaban J connectivity index is 2.15. The molecule has 0 saturated carbocycles. The van der Waals surface area contributed by atoms with Gasteiger partial charge < -0.3 is 25.4 Å². The second-order valence-corrected chi connectivity index (χ2v) is 8.61. The van der Waals surface area contributed by atoms with E-state index in [0.29, 0.717) is 5.02 Å². The summed E-state index contributed by atoms with van der Waals surface area (Å²) in [6, 6.07) is 12.2. The van der Waals surface area contributed by atoms with E-state index in [1.807, 2.05) is 49.4 Å². The lowest BCUT2D eigenvalue weighted by atomic mass is 9.93. The van der Waals surface area contributed by atoms with Crippen molar-refractivity contribution in [2.75, 3.05) is 13.7 Å². The van der Waals surface area contributed by atoms with E-state index >= 15 is 0 Å². The van der Waals surface area contributed by atoms with Crippen LogP contribution in [0.15, 0.2) is 42.5 Å². The predicted molar refractivity (Wildman–Crippen MR) is 128 cm³/mol. The van der Waals surface area contributed by atoms with Crippen molar-refractivity contribution >= 4 is 29.3 Å². The van der Waals surface area contributed by atoms with Crippen LogP contribution in [0, 0.1) is 6.92 Å². The number of ketones is 1. The van der Waals surface area contributed by atoms with E-state index in [2.05, 4.69) is 5.32 Å². The first kappa shape index (κ1) is 27.5. The van der Waals surface area contributed by atoms with Crippen molar-refractivity contribution < 1.29 is 34.4 Å². The van der Waals surface area contributed by atoms with Gasteiger partial charge in [-0.2, -0.15) is 0 Å². The van der Waals surface area contributed by atoms with Crippen LogP contribution in [0.5, 0.6) is 0 Å². The number of carbonyl (C=O) groups is 3. The number of amides is 1. The summed E-state index contributed by atoms with van der Waals surface area (Å²) in [6.45, 7) is 1.70. The Morgan fingerprint density at radius 2 is 1.71 bits per heavy atom. The maximum Gasteiger partial charge on any atom is 0.303 e. The summed E-state index contributed by atoms with van der Waals surface area (Å²) in [5.41, 5.74) is 3.67. The summed E-state index contributed by atoms with van der Waals surface area (Å²) in [4.78, 5) is 35.0. The van der Waals surface area contributed by atoms with Crippen molar-refractivity contribution in [2.45, 2.75) is 50.9 Å². The highest BCUT2D eigenvalue weighted by Crippen LogP contribution is 2.25. The molecule has 0 aromatic heterocycles. The number of Topliss-reactive ketones (excluding diaryl/α,β-unsaturated/α-hetero) is 1. The summed E-state index contributed by atoms with van der Waals surface area (Å²) >= 11 is 6.15. The molecule has 0 fully saturated rings. The number of methoxy groups -OCH3 is 1. The summed E-state index contributed by atoms with van der Waals surface area (Å²) in [5, 5.41) is 33.0. The van der Waals surface area contributed by atoms with E-state index in [4.69, 9.17) is 21.4 Å². The molecule has 184 valence electrons. The lowest BCUT2D eigenvalue weighted by molar-refractivity contribution is -0.138. The molecule has 0 saturated heterocycles. The molecule has 3 atom stereocenters. The maximum atomic E-state index is 12.2. The van der Waals surface area contributed by atoms with E-state index in [0.717, 1.165) is 22.3 Å². The van der Waals surface area contributed by atoms with Gasteiger partial charge in [0.1, 0.15) is 18.8 Å². The van der Waals surface area contributed by atoms with Gasteiger partial charge in [-0.15, -0.1) is 0 Å². The molecule has 0 unspecified atom stereocenters. The van der Waals surface area contributed by atoms with Crippen molar-refractivity contribution in [2.24, 2.45) is 0 Å². The van der Waals surface area contributed by atoms with Gasteiger partial charge in [-0.3, -0.25) is 14.4 Å². The number of ether oxygens (including phenoxy) is 1. The minimum Gasteiger partial charge on any atom is -0.481 e. The number of aliphatic hydroxyl groups is 2. The number of carboxylic acid groups (broad SMARTS) is 1. The number of hydrogen-bond donors (Lipinski definition) is 4. The molecule has 8 nitrogen and oxygen atoms in total. The fraction of sp³-hybridized carbons (Fsp3) is 0.400. The number of carboxylic acids is 1. The van der Waals surface area contributed by atoms with Gasteiger partial charge >= 0.3 is 5.97 Å². The molecule has 9 heteroatoms. The number of aliphatic hydroxyl groups excluding tert-OH is 2. The van der Waals surface area contributed by atoms with Crippen LogP contribution in [0.2, 0.25) is 5.02 Å². The van der Waals surface area contributed by atoms with E-state index in [1.165, 1.54) is 7.11 Å². The zero-order valence-corrected chi connectivity index (χ0v) is 19.9. The Hall–Kier alpha value is -2.78. The minimum atomic E-state index is -1.77. The van der Waals surface area contributed by atoms with Crippen molar-refractivity contribution in [3.8, 4) is 11.1 Å². The fourth-order valence-electron chi connectivity index (χ4n) is 3.60. The zero-order valence-electron chi connectivity index (χ0n) is 19.2. The lowest BCUT2D eigenvalue weighted by Crippen LogP contribution is -2.52. The molecule has 2 rings (SSSR count). The molecule has 0 heterocycles. The van der Waals surface area contributed by atoms with Crippen LogP contribution in [0.25, 0.3) is 11.1 Å². The number of carbonyl (C=O) groups excluding carboxylic acids is 2. The third-order valence-electron chi connectivity index (χ3n) is 5.29. The lowest BCUT2D eigenvalue weighted by Gasteiger charge is -2.27. The van der Waals surface area contributed by atoms with Gasteiger partial charge in [-0.05, 0) is 54.2 Å². The summed E-state index contributed by atoms with van der Waals surface area (Å²) in [7, 11) is 1.35. The Morgan fingerprint density at radius 1 is 1.03 bits per heavy atom. The van der Waals surface area contributed by atoms with Crippen LogP contribution in [0.3, 0.4) is 0 Å². The highest BCUT2D eigenvalue weighted by atomic mass is 35.5. The molecule has 0 radical (unpaired) electrons. The molecular formula is C25H30ClNO7. The van der Waals surface area contributed by atoms with Crippen LogP contribution in [0.1, 0.15) is 30.4 Å². The van der Waals surface area contributed by atoms with Crippen LogP contribution in [-0.4, -0.2) is 64.9 Å². The van der Waals surface area contributed by atoms with Crippen molar-refractivity contribution in [3.63, 3.8) is 0 Å². The maximum absolute atomic E-state index is 12.2. The smallest absolute Gasteiger partial charge is 0.303 e. The molecule has 34 heavy (non-hydrogen) atoms. The second-order valence-electron chi connectivity index (χ2n) is 8.17.